The highest BCUT2D eigenvalue weighted by Gasteiger charge is 2.23. The fourth-order valence-electron chi connectivity index (χ4n) is 1.76. The lowest BCUT2D eigenvalue weighted by molar-refractivity contribution is -0.145. The summed E-state index contributed by atoms with van der Waals surface area (Å²) in [6.07, 6.45) is 2.15. The summed E-state index contributed by atoms with van der Waals surface area (Å²) < 4.78 is 5.39. The third-order valence-corrected chi connectivity index (χ3v) is 2.75. The van der Waals surface area contributed by atoms with Crippen molar-refractivity contribution in [3.63, 3.8) is 0 Å². The summed E-state index contributed by atoms with van der Waals surface area (Å²) in [7, 11) is 0. The number of aliphatic carboxylic acids is 2. The van der Waals surface area contributed by atoms with Crippen LogP contribution in [0.1, 0.15) is 25.7 Å². The Morgan fingerprint density at radius 2 is 2.00 bits per heavy atom. The maximum Gasteiger partial charge on any atom is 0.326 e. The molecule has 2 amide bonds. The number of carboxylic acid groups (broad SMARTS) is 2. The Labute approximate surface area is 110 Å². The second-order valence-corrected chi connectivity index (χ2v) is 4.33. The van der Waals surface area contributed by atoms with Crippen LogP contribution in [0.2, 0.25) is 0 Å². The van der Waals surface area contributed by atoms with Gasteiger partial charge in [-0.1, -0.05) is 0 Å². The van der Waals surface area contributed by atoms with Crippen molar-refractivity contribution in [3.05, 3.63) is 0 Å². The predicted molar refractivity (Wildman–Crippen MR) is 63.8 cm³/mol. The molecule has 1 fully saturated rings. The van der Waals surface area contributed by atoms with Crippen LogP contribution in [0.25, 0.3) is 0 Å². The van der Waals surface area contributed by atoms with E-state index in [0.29, 0.717) is 6.61 Å². The molecule has 1 aliphatic rings. The van der Waals surface area contributed by atoms with Crippen molar-refractivity contribution in [2.45, 2.75) is 37.8 Å². The molecule has 0 saturated carbocycles. The normalized spacial score (nSPS) is 20.3. The molecule has 4 N–H and O–H groups in total. The maximum atomic E-state index is 11.4. The summed E-state index contributed by atoms with van der Waals surface area (Å²) in [6, 6.07) is -2.15. The molecule has 0 aliphatic carbocycles. The largest absolute Gasteiger partial charge is 0.481 e. The van der Waals surface area contributed by atoms with E-state index in [1.807, 2.05) is 0 Å². The molecule has 1 saturated heterocycles. The van der Waals surface area contributed by atoms with Gasteiger partial charge in [0.05, 0.1) is 12.5 Å². The van der Waals surface area contributed by atoms with Gasteiger partial charge in [0.25, 0.3) is 0 Å². The van der Waals surface area contributed by atoms with Gasteiger partial charge >= 0.3 is 18.0 Å². The molecule has 108 valence electrons. The zero-order chi connectivity index (χ0) is 14.3. The van der Waals surface area contributed by atoms with Gasteiger partial charge in [0, 0.05) is 13.2 Å². The number of rotatable bonds is 6. The number of carbonyl (C=O) groups is 3. The van der Waals surface area contributed by atoms with Crippen LogP contribution < -0.4 is 10.6 Å². The summed E-state index contributed by atoms with van der Waals surface area (Å²) in [5.41, 5.74) is 0. The van der Waals surface area contributed by atoms with Crippen LogP contribution in [-0.2, 0) is 14.3 Å². The van der Waals surface area contributed by atoms with E-state index in [4.69, 9.17) is 14.9 Å². The van der Waals surface area contributed by atoms with E-state index in [1.54, 1.807) is 0 Å². The minimum Gasteiger partial charge on any atom is -0.481 e. The Balaban J connectivity index is 2.31. The van der Waals surface area contributed by atoms with E-state index in [9.17, 15) is 14.4 Å². The second kappa shape index (κ2) is 7.57. The molecule has 1 rings (SSSR count). The van der Waals surface area contributed by atoms with Gasteiger partial charge in [-0.2, -0.15) is 0 Å². The Morgan fingerprint density at radius 3 is 2.53 bits per heavy atom. The Hall–Kier alpha value is -1.83. The van der Waals surface area contributed by atoms with Crippen molar-refractivity contribution in [1.29, 1.82) is 0 Å². The third kappa shape index (κ3) is 6.05. The first-order valence-corrected chi connectivity index (χ1v) is 6.09. The first kappa shape index (κ1) is 15.2. The molecule has 19 heavy (non-hydrogen) atoms. The van der Waals surface area contributed by atoms with Gasteiger partial charge in [-0.25, -0.2) is 9.59 Å². The zero-order valence-electron chi connectivity index (χ0n) is 10.4. The number of hydrogen-bond acceptors (Lipinski definition) is 4. The molecule has 0 radical (unpaired) electrons. The summed E-state index contributed by atoms with van der Waals surface area (Å²) in [6.45, 7) is 0.940. The van der Waals surface area contributed by atoms with Gasteiger partial charge in [0.2, 0.25) is 0 Å². The quantitative estimate of drug-likeness (QED) is 0.531. The molecule has 8 heteroatoms. The first-order chi connectivity index (χ1) is 8.99. The van der Waals surface area contributed by atoms with Crippen LogP contribution >= 0.6 is 0 Å². The van der Waals surface area contributed by atoms with Gasteiger partial charge in [-0.3, -0.25) is 4.79 Å². The molecule has 0 aromatic heterocycles. The molecule has 0 aromatic carbocycles. The summed E-state index contributed by atoms with van der Waals surface area (Å²) in [4.78, 5) is 32.6. The maximum absolute atomic E-state index is 11.4. The van der Waals surface area contributed by atoms with Crippen molar-refractivity contribution in [2.75, 3.05) is 13.2 Å². The lowest BCUT2D eigenvalue weighted by Gasteiger charge is -2.23. The molecule has 2 atom stereocenters. The smallest absolute Gasteiger partial charge is 0.326 e. The molecule has 0 bridgehead atoms. The highest BCUT2D eigenvalue weighted by molar-refractivity contribution is 5.86. The molecule has 0 aromatic rings. The summed E-state index contributed by atoms with van der Waals surface area (Å²) >= 11 is 0. The SMILES string of the molecule is O=C(O)C[C@@H](NC(=O)NCC1CCCCO1)C(=O)O. The van der Waals surface area contributed by atoms with E-state index in [-0.39, 0.29) is 12.6 Å². The first-order valence-electron chi connectivity index (χ1n) is 6.09. The van der Waals surface area contributed by atoms with Gasteiger partial charge in [-0.05, 0) is 19.3 Å². The molecule has 0 spiro atoms. The van der Waals surface area contributed by atoms with Crippen LogP contribution in [0.4, 0.5) is 4.79 Å². The van der Waals surface area contributed by atoms with E-state index >= 15 is 0 Å². The van der Waals surface area contributed by atoms with Gasteiger partial charge < -0.3 is 25.6 Å². The van der Waals surface area contributed by atoms with Crippen LogP contribution in [0.15, 0.2) is 0 Å². The Morgan fingerprint density at radius 1 is 1.26 bits per heavy atom. The van der Waals surface area contributed by atoms with E-state index in [2.05, 4.69) is 10.6 Å². The number of nitrogens with one attached hydrogen (secondary N) is 2. The highest BCUT2D eigenvalue weighted by atomic mass is 16.5. The van der Waals surface area contributed by atoms with Crippen LogP contribution in [-0.4, -0.2) is 53.5 Å². The Bertz CT molecular complexity index is 340. The second-order valence-electron chi connectivity index (χ2n) is 4.33. The monoisotopic (exact) mass is 274 g/mol. The fraction of sp³-hybridized carbons (Fsp3) is 0.727. The topological polar surface area (TPSA) is 125 Å². The van der Waals surface area contributed by atoms with E-state index < -0.39 is 30.4 Å². The van der Waals surface area contributed by atoms with Crippen molar-refractivity contribution < 1.29 is 29.3 Å². The van der Waals surface area contributed by atoms with Crippen LogP contribution in [0.5, 0.6) is 0 Å². The van der Waals surface area contributed by atoms with Crippen molar-refractivity contribution in [3.8, 4) is 0 Å². The minimum absolute atomic E-state index is 0.0674. The number of amides is 2. The van der Waals surface area contributed by atoms with Crippen molar-refractivity contribution >= 4 is 18.0 Å². The molecule has 1 aliphatic heterocycles. The van der Waals surface area contributed by atoms with Crippen molar-refractivity contribution in [2.24, 2.45) is 0 Å². The number of hydrogen-bond donors (Lipinski definition) is 4. The Kier molecular flexibility index (Phi) is 6.07. The number of urea groups is 1. The zero-order valence-corrected chi connectivity index (χ0v) is 10.4. The van der Waals surface area contributed by atoms with Crippen LogP contribution in [0, 0.1) is 0 Å². The van der Waals surface area contributed by atoms with Crippen molar-refractivity contribution in [1.82, 2.24) is 10.6 Å². The van der Waals surface area contributed by atoms with E-state index in [0.717, 1.165) is 19.3 Å². The third-order valence-electron chi connectivity index (χ3n) is 2.75. The molecular formula is C11H18N2O6. The number of ether oxygens (including phenoxy) is 1. The van der Waals surface area contributed by atoms with Crippen LogP contribution in [0.3, 0.4) is 0 Å². The summed E-state index contributed by atoms with van der Waals surface area (Å²) in [5, 5.41) is 21.9. The molecule has 8 nitrogen and oxygen atoms in total. The minimum atomic E-state index is -1.44. The molecular weight excluding hydrogens is 256 g/mol. The predicted octanol–water partition coefficient (Wildman–Crippen LogP) is -0.217. The molecule has 1 unspecified atom stereocenters. The van der Waals surface area contributed by atoms with E-state index in [1.165, 1.54) is 0 Å². The fourth-order valence-corrected chi connectivity index (χ4v) is 1.76. The average molecular weight is 274 g/mol. The number of carboxylic acids is 2. The highest BCUT2D eigenvalue weighted by Crippen LogP contribution is 2.11. The molecule has 1 heterocycles. The van der Waals surface area contributed by atoms with Gasteiger partial charge in [0.15, 0.2) is 0 Å². The summed E-state index contributed by atoms with van der Waals surface area (Å²) in [5.74, 6) is -2.67. The average Bonchev–Trinajstić information content (AvgIpc) is 2.36. The van der Waals surface area contributed by atoms with Gasteiger partial charge in [0.1, 0.15) is 6.04 Å². The lowest BCUT2D eigenvalue weighted by Crippen LogP contribution is -2.48. The lowest BCUT2D eigenvalue weighted by atomic mass is 10.1. The standard InChI is InChI=1S/C11H18N2O6/c14-9(15)5-8(10(16)17)13-11(18)12-6-7-3-1-2-4-19-7/h7-8H,1-6H2,(H,14,15)(H,16,17)(H2,12,13,18)/t7?,8-/m1/s1. The van der Waals surface area contributed by atoms with Gasteiger partial charge in [-0.15, -0.1) is 0 Å². The number of carbonyl (C=O) groups excluding carboxylic acids is 1.